The molecular weight excluding hydrogens is 865 g/mol. The smallest absolute Gasteiger partial charge is 0.871 e. The molecule has 58 heavy (non-hydrogen) atoms. The molecule has 0 saturated carbocycles. The molecule has 0 atom stereocenters. The number of halogens is 1. The maximum atomic E-state index is 12.6. The van der Waals surface area contributed by atoms with Gasteiger partial charge in [0.2, 0.25) is 0 Å². The number of methoxy groups -OCH3 is 1. The third-order valence-corrected chi connectivity index (χ3v) is 10.1. The molecule has 1 heterocycles. The van der Waals surface area contributed by atoms with Crippen molar-refractivity contribution < 1.29 is 93.7 Å². The molecular formula is C36H28ClCrN7NaO10S2. The minimum absolute atomic E-state index is 0. The monoisotopic (exact) mass is 892 g/mol. The van der Waals surface area contributed by atoms with Crippen molar-refractivity contribution in [3.05, 3.63) is 102 Å². The molecule has 1 aromatic heterocycles. The maximum absolute atomic E-state index is 12.6. The predicted molar refractivity (Wildman–Crippen MR) is 199 cm³/mol. The summed E-state index contributed by atoms with van der Waals surface area (Å²) in [6.07, 6.45) is 1.28. The van der Waals surface area contributed by atoms with Gasteiger partial charge < -0.3 is 25.2 Å². The van der Waals surface area contributed by atoms with Gasteiger partial charge in [0, 0.05) is 28.8 Å². The van der Waals surface area contributed by atoms with E-state index in [0.29, 0.717) is 27.2 Å². The molecule has 293 valence electrons. The number of nitrogens with one attached hydrogen (secondary N) is 1. The normalized spacial score (nSPS) is 11.4. The van der Waals surface area contributed by atoms with Gasteiger partial charge in [-0.25, -0.2) is 26.3 Å². The fourth-order valence-electron chi connectivity index (χ4n) is 4.92. The van der Waals surface area contributed by atoms with Crippen molar-refractivity contribution in [2.24, 2.45) is 20.5 Å². The van der Waals surface area contributed by atoms with E-state index in [-0.39, 0.29) is 85.1 Å². The Morgan fingerprint density at radius 1 is 0.741 bits per heavy atom. The second kappa shape index (κ2) is 19.6. The Bertz CT molecular complexity index is 2790. The van der Waals surface area contributed by atoms with Crippen LogP contribution in [0.2, 0.25) is 5.02 Å². The van der Waals surface area contributed by atoms with Gasteiger partial charge in [-0.2, -0.15) is 20.4 Å². The van der Waals surface area contributed by atoms with Gasteiger partial charge in [-0.05, 0) is 60.8 Å². The van der Waals surface area contributed by atoms with Crippen LogP contribution in [0.5, 0.6) is 23.1 Å². The van der Waals surface area contributed by atoms with Crippen LogP contribution < -0.4 is 55.3 Å². The van der Waals surface area contributed by atoms with E-state index in [2.05, 4.69) is 35.6 Å². The standard InChI is InChI=1S/C19H17N3O6S.C17H15ClN4O4S.Cr.Na/c1-28-19(25)20-13-5-3-4-11-6-8-16(24)18(17(11)13)22-21-14-10-12(29(2,26)27)7-9-15(14)23;1-10-16(17(24)22(21-10)12-5-3-4-11(18)8-12)20-19-14-9-13(27(2,25)26)6-7-15(14)23;;/h3-10,23-24H,1-2H3,(H,20,25);3-9,23-24H,1-2H3;;/q;;+3;+1/p-4. The molecule has 0 aliphatic carbocycles. The van der Waals surface area contributed by atoms with E-state index in [9.17, 15) is 42.1 Å². The van der Waals surface area contributed by atoms with Gasteiger partial charge in [0.1, 0.15) is 5.69 Å². The van der Waals surface area contributed by atoms with E-state index in [4.69, 9.17) is 11.6 Å². The van der Waals surface area contributed by atoms with Gasteiger partial charge in [0.05, 0.1) is 51.0 Å². The van der Waals surface area contributed by atoms with Gasteiger partial charge in [0.25, 0.3) is 0 Å². The molecule has 17 nitrogen and oxygen atoms in total. The Morgan fingerprint density at radius 2 is 1.28 bits per heavy atom. The van der Waals surface area contributed by atoms with Crippen LogP contribution in [0.3, 0.4) is 0 Å². The first-order valence-corrected chi connectivity index (χ1v) is 20.0. The van der Waals surface area contributed by atoms with Crippen molar-refractivity contribution >= 4 is 76.6 Å². The Morgan fingerprint density at radius 3 is 1.81 bits per heavy atom. The Labute approximate surface area is 370 Å². The molecule has 1 N–H and O–H groups in total. The van der Waals surface area contributed by atoms with Crippen LogP contribution in [0.15, 0.2) is 121 Å². The fraction of sp³-hybridized carbons (Fsp3) is 0.111. The number of aryl methyl sites for hydroxylation is 1. The fourth-order valence-corrected chi connectivity index (χ4v) is 6.39. The molecule has 0 spiro atoms. The van der Waals surface area contributed by atoms with Crippen molar-refractivity contribution in [1.82, 2.24) is 9.78 Å². The second-order valence-corrected chi connectivity index (χ2v) is 16.2. The summed E-state index contributed by atoms with van der Waals surface area (Å²) in [5.41, 5.74) is 0.442. The third-order valence-electron chi connectivity index (χ3n) is 7.68. The summed E-state index contributed by atoms with van der Waals surface area (Å²) in [4.78, 5) is 11.5. The first-order chi connectivity index (χ1) is 26.4. The van der Waals surface area contributed by atoms with Crippen LogP contribution in [-0.2, 0) is 41.8 Å². The van der Waals surface area contributed by atoms with Crippen LogP contribution >= 0.6 is 11.6 Å². The molecule has 0 bridgehead atoms. The predicted octanol–water partition coefficient (Wildman–Crippen LogP) is 2.79. The van der Waals surface area contributed by atoms with Crippen LogP contribution in [-0.4, -0.2) is 52.3 Å². The number of hydrogen-bond donors (Lipinski definition) is 1. The van der Waals surface area contributed by atoms with Crippen molar-refractivity contribution in [2.75, 3.05) is 24.9 Å². The van der Waals surface area contributed by atoms with Gasteiger partial charge >= 0.3 is 53.0 Å². The summed E-state index contributed by atoms with van der Waals surface area (Å²) in [6, 6.07) is 21.1. The molecule has 1 radical (unpaired) electrons. The number of aromatic nitrogens is 2. The molecule has 0 fully saturated rings. The number of ether oxygens (including phenoxy) is 1. The molecule has 6 rings (SSSR count). The van der Waals surface area contributed by atoms with Crippen molar-refractivity contribution in [3.63, 3.8) is 0 Å². The molecule has 0 aliphatic heterocycles. The first kappa shape index (κ1) is 47.3. The molecule has 1 amide bonds. The number of carbonyl (C=O) groups is 1. The summed E-state index contributed by atoms with van der Waals surface area (Å²) in [7, 11) is -5.86. The largest absolute Gasteiger partial charge is 3.00 e. The van der Waals surface area contributed by atoms with E-state index in [0.717, 1.165) is 41.5 Å². The number of benzene rings is 5. The van der Waals surface area contributed by atoms with E-state index in [1.54, 1.807) is 55.5 Å². The third kappa shape index (κ3) is 11.3. The zero-order chi connectivity index (χ0) is 40.9. The van der Waals surface area contributed by atoms with Crippen molar-refractivity contribution in [2.45, 2.75) is 16.7 Å². The molecule has 0 saturated heterocycles. The summed E-state index contributed by atoms with van der Waals surface area (Å²) < 4.78 is 52.3. The number of fused-ring (bicyclic) bond motifs is 1. The van der Waals surface area contributed by atoms with E-state index >= 15 is 0 Å². The van der Waals surface area contributed by atoms with Crippen molar-refractivity contribution in [3.8, 4) is 28.8 Å². The van der Waals surface area contributed by atoms with Gasteiger partial charge in [0.15, 0.2) is 19.7 Å². The van der Waals surface area contributed by atoms with Crippen molar-refractivity contribution in [1.29, 1.82) is 0 Å². The summed E-state index contributed by atoms with van der Waals surface area (Å²) >= 11 is 5.93. The van der Waals surface area contributed by atoms with E-state index < -0.39 is 48.9 Å². The number of rotatable bonds is 8. The van der Waals surface area contributed by atoms with Gasteiger partial charge in [-0.3, -0.25) is 5.32 Å². The number of anilines is 1. The van der Waals surface area contributed by atoms with Gasteiger partial charge in [-0.1, -0.05) is 71.3 Å². The molecule has 0 unspecified atom stereocenters. The van der Waals surface area contributed by atoms with Crippen LogP contribution in [0.1, 0.15) is 5.69 Å². The van der Waals surface area contributed by atoms with E-state index in [1.165, 1.54) is 25.3 Å². The molecule has 0 aliphatic rings. The number of carbonyl (C=O) groups excluding carboxylic acids is 1. The quantitative estimate of drug-likeness (QED) is 0.171. The van der Waals surface area contributed by atoms with Crippen LogP contribution in [0.4, 0.5) is 33.2 Å². The molecule has 5 aromatic carbocycles. The Kier molecular flexibility index (Phi) is 16.0. The number of sulfone groups is 2. The van der Waals surface area contributed by atoms with Gasteiger partial charge in [-0.15, -0.1) is 5.11 Å². The Balaban J connectivity index is 0.000000301. The van der Waals surface area contributed by atoms with Crippen LogP contribution in [0, 0.1) is 6.92 Å². The zero-order valence-electron chi connectivity index (χ0n) is 31.0. The summed E-state index contributed by atoms with van der Waals surface area (Å²) in [5.74, 6) is -2.10. The first-order valence-electron chi connectivity index (χ1n) is 15.8. The number of azo groups is 2. The number of amides is 1. The topological polar surface area (TPSA) is 266 Å². The zero-order valence-corrected chi connectivity index (χ0v) is 36.7. The second-order valence-electron chi connectivity index (χ2n) is 11.8. The molecule has 6 aromatic rings. The maximum Gasteiger partial charge on any atom is 3.00 e. The SMILES string of the molecule is COC(=O)Nc1cccc2ccc([O-])c(N=Nc3cc(S(C)(=O)=O)ccc3[O-])c12.Cc1nn(-c2cccc(Cl)c2)c([O-])c1N=Nc1cc(S(C)(=O)=O)ccc1[O-].[Cr+3].[Na+]. The average molecular weight is 893 g/mol. The summed E-state index contributed by atoms with van der Waals surface area (Å²) in [6.45, 7) is 1.57. The van der Waals surface area contributed by atoms with Crippen LogP contribution in [0.25, 0.3) is 16.5 Å². The number of nitrogens with zero attached hydrogens (tertiary/aromatic N) is 6. The molecule has 22 heteroatoms. The number of hydrogen-bond acceptors (Lipinski definition) is 15. The minimum atomic E-state index is -3.55. The van der Waals surface area contributed by atoms with E-state index in [1.807, 2.05) is 0 Å². The Hall–Kier alpha value is -5.04. The average Bonchev–Trinajstić information content (AvgIpc) is 3.42. The summed E-state index contributed by atoms with van der Waals surface area (Å²) in [5, 5.41) is 72.2. The minimum Gasteiger partial charge on any atom is -0.871 e.